The number of benzene rings is 1. The van der Waals surface area contributed by atoms with Crippen molar-refractivity contribution in [1.82, 2.24) is 4.90 Å². The van der Waals surface area contributed by atoms with Crippen molar-refractivity contribution in [2.45, 2.75) is 26.3 Å². The molecule has 5 heteroatoms. The molecular weight excluding hydrogens is 256 g/mol. The third-order valence-corrected chi connectivity index (χ3v) is 4.04. The zero-order valence-corrected chi connectivity index (χ0v) is 11.7. The lowest BCUT2D eigenvalue weighted by Gasteiger charge is -2.22. The average Bonchev–Trinajstić information content (AvgIpc) is 2.80. The standard InChI is InChI=1S/C15H20N2O3/c1-2-10-5-15(18)17(8-10)9-11-6-13-14(7-12(11)16)20-4-3-19-13/h6-7,10H,2-5,8-9,16H2,1H3. The molecule has 1 aromatic rings. The van der Waals surface area contributed by atoms with Crippen LogP contribution in [0.3, 0.4) is 0 Å². The second-order valence-corrected chi connectivity index (χ2v) is 5.45. The van der Waals surface area contributed by atoms with E-state index in [-0.39, 0.29) is 5.91 Å². The summed E-state index contributed by atoms with van der Waals surface area (Å²) in [4.78, 5) is 13.9. The van der Waals surface area contributed by atoms with Gasteiger partial charge in [-0.1, -0.05) is 13.3 Å². The number of hydrogen-bond acceptors (Lipinski definition) is 4. The van der Waals surface area contributed by atoms with E-state index in [2.05, 4.69) is 6.92 Å². The fourth-order valence-corrected chi connectivity index (χ4v) is 2.77. The molecule has 1 saturated heterocycles. The van der Waals surface area contributed by atoms with Crippen LogP contribution < -0.4 is 15.2 Å². The van der Waals surface area contributed by atoms with Crippen molar-refractivity contribution in [2.24, 2.45) is 5.92 Å². The van der Waals surface area contributed by atoms with Gasteiger partial charge in [0.1, 0.15) is 13.2 Å². The zero-order chi connectivity index (χ0) is 14.1. The van der Waals surface area contributed by atoms with Gasteiger partial charge in [0.25, 0.3) is 0 Å². The Hall–Kier alpha value is -1.91. The van der Waals surface area contributed by atoms with E-state index in [1.54, 1.807) is 6.07 Å². The van der Waals surface area contributed by atoms with Gasteiger partial charge in [-0.15, -0.1) is 0 Å². The van der Waals surface area contributed by atoms with Crippen LogP contribution in [0.4, 0.5) is 5.69 Å². The second kappa shape index (κ2) is 5.23. The van der Waals surface area contributed by atoms with E-state index in [0.717, 1.165) is 24.3 Å². The van der Waals surface area contributed by atoms with Gasteiger partial charge in [0, 0.05) is 31.3 Å². The number of nitrogens with two attached hydrogens (primary N) is 1. The third kappa shape index (κ3) is 2.40. The smallest absolute Gasteiger partial charge is 0.223 e. The lowest BCUT2D eigenvalue weighted by atomic mass is 10.1. The number of carbonyl (C=O) groups is 1. The van der Waals surface area contributed by atoms with Crippen molar-refractivity contribution in [3.8, 4) is 11.5 Å². The lowest BCUT2D eigenvalue weighted by Crippen LogP contribution is -2.25. The summed E-state index contributed by atoms with van der Waals surface area (Å²) < 4.78 is 11.1. The maximum Gasteiger partial charge on any atom is 0.223 e. The molecule has 2 heterocycles. The van der Waals surface area contributed by atoms with E-state index in [9.17, 15) is 4.79 Å². The van der Waals surface area contributed by atoms with Crippen molar-refractivity contribution in [3.63, 3.8) is 0 Å². The molecule has 108 valence electrons. The molecule has 2 N–H and O–H groups in total. The summed E-state index contributed by atoms with van der Waals surface area (Å²) in [6.45, 7) is 4.60. The monoisotopic (exact) mass is 276 g/mol. The third-order valence-electron chi connectivity index (χ3n) is 4.04. The van der Waals surface area contributed by atoms with E-state index < -0.39 is 0 Å². The summed E-state index contributed by atoms with van der Waals surface area (Å²) in [7, 11) is 0. The summed E-state index contributed by atoms with van der Waals surface area (Å²) in [5.41, 5.74) is 7.65. The van der Waals surface area contributed by atoms with Crippen LogP contribution in [0.5, 0.6) is 11.5 Å². The van der Waals surface area contributed by atoms with Crippen molar-refractivity contribution >= 4 is 11.6 Å². The zero-order valence-electron chi connectivity index (χ0n) is 11.7. The molecule has 1 aromatic carbocycles. The van der Waals surface area contributed by atoms with Crippen LogP contribution in [-0.2, 0) is 11.3 Å². The molecule has 1 fully saturated rings. The van der Waals surface area contributed by atoms with Gasteiger partial charge in [-0.3, -0.25) is 4.79 Å². The largest absolute Gasteiger partial charge is 0.486 e. The fourth-order valence-electron chi connectivity index (χ4n) is 2.77. The molecule has 2 aliphatic heterocycles. The Morgan fingerprint density at radius 1 is 1.30 bits per heavy atom. The van der Waals surface area contributed by atoms with Crippen LogP contribution >= 0.6 is 0 Å². The molecule has 2 aliphatic rings. The fraction of sp³-hybridized carbons (Fsp3) is 0.533. The first-order valence-corrected chi connectivity index (χ1v) is 7.13. The molecule has 20 heavy (non-hydrogen) atoms. The van der Waals surface area contributed by atoms with Crippen LogP contribution in [0.2, 0.25) is 0 Å². The van der Waals surface area contributed by atoms with E-state index in [1.807, 2.05) is 11.0 Å². The maximum atomic E-state index is 12.0. The minimum atomic E-state index is 0.214. The number of rotatable bonds is 3. The van der Waals surface area contributed by atoms with Crippen LogP contribution in [0.1, 0.15) is 25.3 Å². The Morgan fingerprint density at radius 2 is 2.00 bits per heavy atom. The van der Waals surface area contributed by atoms with E-state index in [4.69, 9.17) is 15.2 Å². The van der Waals surface area contributed by atoms with Crippen molar-refractivity contribution < 1.29 is 14.3 Å². The van der Waals surface area contributed by atoms with Gasteiger partial charge < -0.3 is 20.1 Å². The quantitative estimate of drug-likeness (QED) is 0.855. The summed E-state index contributed by atoms with van der Waals surface area (Å²) >= 11 is 0. The highest BCUT2D eigenvalue weighted by Crippen LogP contribution is 2.35. The predicted octanol–water partition coefficient (Wildman–Crippen LogP) is 1.80. The number of amides is 1. The van der Waals surface area contributed by atoms with Crippen LogP contribution in [0.25, 0.3) is 0 Å². The number of carbonyl (C=O) groups excluding carboxylic acids is 1. The Kier molecular flexibility index (Phi) is 3.42. The van der Waals surface area contributed by atoms with E-state index in [0.29, 0.717) is 43.5 Å². The first kappa shape index (κ1) is 13.1. The molecule has 1 amide bonds. The van der Waals surface area contributed by atoms with Crippen LogP contribution in [-0.4, -0.2) is 30.6 Å². The molecule has 1 atom stereocenters. The average molecular weight is 276 g/mol. The highest BCUT2D eigenvalue weighted by molar-refractivity contribution is 5.79. The second-order valence-electron chi connectivity index (χ2n) is 5.45. The summed E-state index contributed by atoms with van der Waals surface area (Å²) in [6.07, 6.45) is 1.69. The van der Waals surface area contributed by atoms with Gasteiger partial charge in [0.2, 0.25) is 5.91 Å². The number of anilines is 1. The highest BCUT2D eigenvalue weighted by Gasteiger charge is 2.29. The molecule has 0 aliphatic carbocycles. The Bertz CT molecular complexity index is 530. The van der Waals surface area contributed by atoms with Crippen LogP contribution in [0.15, 0.2) is 12.1 Å². The Labute approximate surface area is 118 Å². The summed E-state index contributed by atoms with van der Waals surface area (Å²) in [6, 6.07) is 3.69. The van der Waals surface area contributed by atoms with E-state index >= 15 is 0 Å². The Balaban J connectivity index is 1.79. The molecule has 3 rings (SSSR count). The maximum absolute atomic E-state index is 12.0. The minimum absolute atomic E-state index is 0.214. The number of hydrogen-bond donors (Lipinski definition) is 1. The van der Waals surface area contributed by atoms with Crippen molar-refractivity contribution in [2.75, 3.05) is 25.5 Å². The number of fused-ring (bicyclic) bond motifs is 1. The molecule has 0 bridgehead atoms. The number of nitrogens with zero attached hydrogens (tertiary/aromatic N) is 1. The van der Waals surface area contributed by atoms with Gasteiger partial charge in [-0.05, 0) is 17.5 Å². The number of nitrogen functional groups attached to an aromatic ring is 1. The SMILES string of the molecule is CCC1CC(=O)N(Cc2cc3c(cc2N)OCCO3)C1. The number of likely N-dealkylation sites (tertiary alicyclic amines) is 1. The first-order chi connectivity index (χ1) is 9.67. The highest BCUT2D eigenvalue weighted by atomic mass is 16.6. The van der Waals surface area contributed by atoms with Crippen molar-refractivity contribution in [3.05, 3.63) is 17.7 Å². The topological polar surface area (TPSA) is 64.8 Å². The minimum Gasteiger partial charge on any atom is -0.486 e. The van der Waals surface area contributed by atoms with Gasteiger partial charge in [-0.25, -0.2) is 0 Å². The summed E-state index contributed by atoms with van der Waals surface area (Å²) in [5.74, 6) is 2.10. The van der Waals surface area contributed by atoms with Crippen LogP contribution in [0, 0.1) is 5.92 Å². The van der Waals surface area contributed by atoms with Crippen molar-refractivity contribution in [1.29, 1.82) is 0 Å². The summed E-state index contributed by atoms with van der Waals surface area (Å²) in [5, 5.41) is 0. The van der Waals surface area contributed by atoms with Gasteiger partial charge in [0.05, 0.1) is 0 Å². The number of ether oxygens (including phenoxy) is 2. The molecule has 1 unspecified atom stereocenters. The molecule has 0 radical (unpaired) electrons. The molecule has 0 aromatic heterocycles. The van der Waals surface area contributed by atoms with Gasteiger partial charge in [0.15, 0.2) is 11.5 Å². The van der Waals surface area contributed by atoms with E-state index in [1.165, 1.54) is 0 Å². The van der Waals surface area contributed by atoms with Gasteiger partial charge in [-0.2, -0.15) is 0 Å². The molecule has 0 saturated carbocycles. The predicted molar refractivity (Wildman–Crippen MR) is 75.7 cm³/mol. The first-order valence-electron chi connectivity index (χ1n) is 7.13. The molecular formula is C15H20N2O3. The Morgan fingerprint density at radius 3 is 2.65 bits per heavy atom. The molecule has 5 nitrogen and oxygen atoms in total. The molecule has 0 spiro atoms. The van der Waals surface area contributed by atoms with Gasteiger partial charge >= 0.3 is 0 Å². The lowest BCUT2D eigenvalue weighted by molar-refractivity contribution is -0.128. The normalized spacial score (nSPS) is 21.4.